The first kappa shape index (κ1) is 19.9. The van der Waals surface area contributed by atoms with Crippen LogP contribution in [0.4, 0.5) is 9.18 Å². The van der Waals surface area contributed by atoms with Crippen LogP contribution in [0, 0.1) is 5.82 Å². The highest BCUT2D eigenvalue weighted by molar-refractivity contribution is 6.30. The van der Waals surface area contributed by atoms with Gasteiger partial charge in [-0.05, 0) is 34.4 Å². The highest BCUT2D eigenvalue weighted by atomic mass is 35.5. The maximum atomic E-state index is 14.1. The summed E-state index contributed by atoms with van der Waals surface area (Å²) in [6.45, 7) is 0.0231. The first-order chi connectivity index (χ1) is 14.5. The van der Waals surface area contributed by atoms with E-state index in [2.05, 4.69) is 5.32 Å². The molecular formula is C23H17ClFNO4. The van der Waals surface area contributed by atoms with Gasteiger partial charge < -0.3 is 15.2 Å². The van der Waals surface area contributed by atoms with Gasteiger partial charge in [-0.3, -0.25) is 0 Å². The maximum Gasteiger partial charge on any atom is 0.408 e. The van der Waals surface area contributed by atoms with Gasteiger partial charge in [0.1, 0.15) is 12.4 Å². The minimum absolute atomic E-state index is 0.0231. The number of hydrogen-bond acceptors (Lipinski definition) is 3. The van der Waals surface area contributed by atoms with E-state index in [1.54, 1.807) is 0 Å². The lowest BCUT2D eigenvalue weighted by Crippen LogP contribution is -2.35. The molecule has 3 aromatic rings. The molecule has 1 aliphatic carbocycles. The maximum absolute atomic E-state index is 14.1. The van der Waals surface area contributed by atoms with E-state index in [-0.39, 0.29) is 23.1 Å². The van der Waals surface area contributed by atoms with Gasteiger partial charge in [-0.1, -0.05) is 66.2 Å². The Hall–Kier alpha value is -3.38. The van der Waals surface area contributed by atoms with Crippen LogP contribution < -0.4 is 5.32 Å². The lowest BCUT2D eigenvalue weighted by molar-refractivity contribution is -0.139. The molecule has 0 fully saturated rings. The fourth-order valence-electron chi connectivity index (χ4n) is 3.77. The highest BCUT2D eigenvalue weighted by Crippen LogP contribution is 2.44. The number of ether oxygens (including phenoxy) is 1. The molecule has 152 valence electrons. The lowest BCUT2D eigenvalue weighted by Gasteiger charge is -2.18. The van der Waals surface area contributed by atoms with Gasteiger partial charge in [-0.2, -0.15) is 0 Å². The molecule has 0 radical (unpaired) electrons. The number of hydrogen-bond donors (Lipinski definition) is 2. The number of benzene rings is 3. The summed E-state index contributed by atoms with van der Waals surface area (Å²) in [5.41, 5.74) is 4.01. The van der Waals surface area contributed by atoms with Gasteiger partial charge in [-0.15, -0.1) is 0 Å². The molecule has 0 aromatic heterocycles. The third kappa shape index (κ3) is 3.74. The summed E-state index contributed by atoms with van der Waals surface area (Å²) in [7, 11) is 0. The Balaban J connectivity index is 1.50. The third-order valence-corrected chi connectivity index (χ3v) is 5.36. The molecule has 0 aliphatic heterocycles. The average Bonchev–Trinajstić information content (AvgIpc) is 3.05. The summed E-state index contributed by atoms with van der Waals surface area (Å²) in [6.07, 6.45) is -0.946. The van der Waals surface area contributed by atoms with Crippen molar-refractivity contribution in [3.05, 3.63) is 94.3 Å². The van der Waals surface area contributed by atoms with E-state index in [4.69, 9.17) is 16.3 Å². The van der Waals surface area contributed by atoms with E-state index >= 15 is 0 Å². The van der Waals surface area contributed by atoms with Crippen molar-refractivity contribution in [2.24, 2.45) is 0 Å². The van der Waals surface area contributed by atoms with Crippen LogP contribution in [0.2, 0.25) is 5.02 Å². The average molecular weight is 426 g/mol. The van der Waals surface area contributed by atoms with Gasteiger partial charge in [-0.25, -0.2) is 14.0 Å². The molecule has 1 unspecified atom stereocenters. The van der Waals surface area contributed by atoms with Crippen LogP contribution >= 0.6 is 11.6 Å². The summed E-state index contributed by atoms with van der Waals surface area (Å²) in [6, 6.07) is 17.7. The predicted octanol–water partition coefficient (Wildman–Crippen LogP) is 5.14. The van der Waals surface area contributed by atoms with Crippen molar-refractivity contribution in [1.82, 2.24) is 5.32 Å². The molecule has 2 N–H and O–H groups in total. The SMILES string of the molecule is O=C(NC(C(=O)O)c1ccc(Cl)cc1F)OCC1c2ccccc2-c2ccccc21. The zero-order valence-electron chi connectivity index (χ0n) is 15.6. The first-order valence-corrected chi connectivity index (χ1v) is 9.62. The van der Waals surface area contributed by atoms with E-state index in [1.807, 2.05) is 48.5 Å². The number of rotatable bonds is 5. The summed E-state index contributed by atoms with van der Waals surface area (Å²) in [4.78, 5) is 23.9. The molecule has 0 saturated heterocycles. The Bertz CT molecular complexity index is 1090. The largest absolute Gasteiger partial charge is 0.479 e. The first-order valence-electron chi connectivity index (χ1n) is 9.25. The van der Waals surface area contributed by atoms with E-state index in [1.165, 1.54) is 12.1 Å². The second kappa shape index (κ2) is 8.16. The Morgan fingerprint density at radius 2 is 1.63 bits per heavy atom. The summed E-state index contributed by atoms with van der Waals surface area (Å²) >= 11 is 5.71. The molecule has 3 aromatic carbocycles. The predicted molar refractivity (Wildman–Crippen MR) is 110 cm³/mol. The van der Waals surface area contributed by atoms with E-state index in [9.17, 15) is 19.1 Å². The van der Waals surface area contributed by atoms with Crippen molar-refractivity contribution in [3.8, 4) is 11.1 Å². The van der Waals surface area contributed by atoms with Crippen LogP contribution in [0.25, 0.3) is 11.1 Å². The fourth-order valence-corrected chi connectivity index (χ4v) is 3.92. The Kier molecular flexibility index (Phi) is 5.42. The van der Waals surface area contributed by atoms with Gasteiger partial charge in [0.05, 0.1) is 0 Å². The van der Waals surface area contributed by atoms with Crippen LogP contribution in [0.5, 0.6) is 0 Å². The van der Waals surface area contributed by atoms with Gasteiger partial charge in [0.15, 0.2) is 6.04 Å². The standard InChI is InChI=1S/C23H17ClFNO4/c24-13-9-10-18(20(25)11-13)21(22(27)28)26-23(29)30-12-19-16-7-3-1-5-14(16)15-6-2-4-8-17(15)19/h1-11,19,21H,12H2,(H,26,29)(H,27,28). The van der Waals surface area contributed by atoms with Crippen LogP contribution in [0.1, 0.15) is 28.7 Å². The van der Waals surface area contributed by atoms with Crippen molar-refractivity contribution in [1.29, 1.82) is 0 Å². The number of halogens is 2. The number of alkyl carbamates (subject to hydrolysis) is 1. The molecule has 7 heteroatoms. The Morgan fingerprint density at radius 1 is 1.03 bits per heavy atom. The second-order valence-electron chi connectivity index (χ2n) is 6.91. The smallest absolute Gasteiger partial charge is 0.408 e. The minimum Gasteiger partial charge on any atom is -0.479 e. The summed E-state index contributed by atoms with van der Waals surface area (Å²) in [5, 5.41) is 11.8. The molecule has 4 rings (SSSR count). The molecule has 5 nitrogen and oxygen atoms in total. The quantitative estimate of drug-likeness (QED) is 0.593. The second-order valence-corrected chi connectivity index (χ2v) is 7.34. The number of amides is 1. The molecule has 1 atom stereocenters. The van der Waals surface area contributed by atoms with Crippen molar-refractivity contribution < 1.29 is 23.8 Å². The zero-order valence-corrected chi connectivity index (χ0v) is 16.4. The number of aliphatic carboxylic acids is 1. The molecule has 0 bridgehead atoms. The Labute approximate surface area is 177 Å². The molecule has 0 heterocycles. The van der Waals surface area contributed by atoms with Crippen molar-refractivity contribution in [2.75, 3.05) is 6.61 Å². The van der Waals surface area contributed by atoms with Gasteiger partial charge in [0.2, 0.25) is 0 Å². The molecule has 1 amide bonds. The molecule has 1 aliphatic rings. The van der Waals surface area contributed by atoms with Gasteiger partial charge in [0, 0.05) is 16.5 Å². The number of nitrogens with one attached hydrogen (secondary N) is 1. The van der Waals surface area contributed by atoms with E-state index in [0.717, 1.165) is 28.3 Å². The lowest BCUT2D eigenvalue weighted by atomic mass is 9.98. The third-order valence-electron chi connectivity index (χ3n) is 5.13. The Morgan fingerprint density at radius 3 is 2.20 bits per heavy atom. The zero-order chi connectivity index (χ0) is 21.3. The summed E-state index contributed by atoms with van der Waals surface area (Å²) < 4.78 is 19.5. The van der Waals surface area contributed by atoms with Gasteiger partial charge in [0.25, 0.3) is 0 Å². The van der Waals surface area contributed by atoms with Crippen LogP contribution in [0.3, 0.4) is 0 Å². The normalized spacial score (nSPS) is 13.3. The minimum atomic E-state index is -1.60. The van der Waals surface area contributed by atoms with Crippen molar-refractivity contribution in [3.63, 3.8) is 0 Å². The molecular weight excluding hydrogens is 409 g/mol. The number of fused-ring (bicyclic) bond motifs is 3. The summed E-state index contributed by atoms with van der Waals surface area (Å²) in [5.74, 6) is -2.41. The molecule has 30 heavy (non-hydrogen) atoms. The van der Waals surface area contributed by atoms with Crippen molar-refractivity contribution in [2.45, 2.75) is 12.0 Å². The van der Waals surface area contributed by atoms with E-state index in [0.29, 0.717) is 0 Å². The number of carbonyl (C=O) groups is 2. The molecule has 0 spiro atoms. The fraction of sp³-hybridized carbons (Fsp3) is 0.130. The highest BCUT2D eigenvalue weighted by Gasteiger charge is 2.30. The monoisotopic (exact) mass is 425 g/mol. The number of carboxylic acid groups (broad SMARTS) is 1. The number of carboxylic acids is 1. The van der Waals surface area contributed by atoms with Crippen LogP contribution in [-0.2, 0) is 9.53 Å². The van der Waals surface area contributed by atoms with Crippen LogP contribution in [-0.4, -0.2) is 23.8 Å². The van der Waals surface area contributed by atoms with Crippen molar-refractivity contribution >= 4 is 23.7 Å². The van der Waals surface area contributed by atoms with Gasteiger partial charge >= 0.3 is 12.1 Å². The van der Waals surface area contributed by atoms with E-state index < -0.39 is 23.9 Å². The van der Waals surface area contributed by atoms with Crippen LogP contribution in [0.15, 0.2) is 66.7 Å². The number of carbonyl (C=O) groups excluding carboxylic acids is 1. The molecule has 0 saturated carbocycles. The topological polar surface area (TPSA) is 75.6 Å².